The number of carbonyl (C=O) groups is 1. The van der Waals surface area contributed by atoms with E-state index in [1.54, 1.807) is 27.5 Å². The van der Waals surface area contributed by atoms with E-state index in [1.807, 2.05) is 30.7 Å². The molecule has 0 saturated carbocycles. The molecule has 0 bridgehead atoms. The van der Waals surface area contributed by atoms with Crippen LogP contribution in [0.25, 0.3) is 0 Å². The van der Waals surface area contributed by atoms with Gasteiger partial charge < -0.3 is 19.5 Å². The molecule has 1 N–H and O–H groups in total. The highest BCUT2D eigenvalue weighted by Gasteiger charge is 2.24. The molecule has 1 atom stereocenters. The van der Waals surface area contributed by atoms with Crippen molar-refractivity contribution in [2.45, 2.75) is 45.3 Å². The number of aromatic nitrogens is 3. The summed E-state index contributed by atoms with van der Waals surface area (Å²) in [4.78, 5) is 14.5. The van der Waals surface area contributed by atoms with Crippen LogP contribution in [-0.4, -0.2) is 66.3 Å². The molecule has 2 heterocycles. The Hall–Kier alpha value is -2.81. The molecule has 1 unspecified atom stereocenters. The molecule has 1 aliphatic rings. The molecular formula is C21H31N5O4. The number of rotatable bonds is 8. The second-order valence-electron chi connectivity index (χ2n) is 7.78. The summed E-state index contributed by atoms with van der Waals surface area (Å²) >= 11 is 0. The highest BCUT2D eigenvalue weighted by Crippen LogP contribution is 2.38. The first-order chi connectivity index (χ1) is 14.4. The maximum Gasteiger partial charge on any atom is 0.273 e. The highest BCUT2D eigenvalue weighted by molar-refractivity contribution is 5.91. The monoisotopic (exact) mass is 417 g/mol. The van der Waals surface area contributed by atoms with Gasteiger partial charge in [-0.05, 0) is 50.9 Å². The number of nitrogens with zero attached hydrogens (tertiary/aromatic N) is 4. The molecule has 1 aromatic carbocycles. The van der Waals surface area contributed by atoms with Gasteiger partial charge in [-0.2, -0.15) is 0 Å². The van der Waals surface area contributed by atoms with Crippen molar-refractivity contribution in [3.05, 3.63) is 29.6 Å². The van der Waals surface area contributed by atoms with Gasteiger partial charge in [0.2, 0.25) is 5.75 Å². The van der Waals surface area contributed by atoms with Crippen molar-refractivity contribution in [1.29, 1.82) is 0 Å². The van der Waals surface area contributed by atoms with Crippen LogP contribution in [0.15, 0.2) is 18.3 Å². The summed E-state index contributed by atoms with van der Waals surface area (Å²) in [5.41, 5.74) is 1.44. The number of hydrogen-bond acceptors (Lipinski definition) is 7. The van der Waals surface area contributed by atoms with Gasteiger partial charge in [0.1, 0.15) is 0 Å². The van der Waals surface area contributed by atoms with Crippen molar-refractivity contribution >= 4 is 5.91 Å². The quantitative estimate of drug-likeness (QED) is 0.705. The molecule has 1 fully saturated rings. The minimum atomic E-state index is -0.193. The maximum absolute atomic E-state index is 12.2. The van der Waals surface area contributed by atoms with E-state index < -0.39 is 0 Å². The van der Waals surface area contributed by atoms with Crippen LogP contribution in [0, 0.1) is 0 Å². The van der Waals surface area contributed by atoms with Gasteiger partial charge in [-0.25, -0.2) is 4.68 Å². The van der Waals surface area contributed by atoms with E-state index in [2.05, 4.69) is 20.5 Å². The van der Waals surface area contributed by atoms with Crippen LogP contribution in [0.1, 0.15) is 48.8 Å². The van der Waals surface area contributed by atoms with E-state index in [0.29, 0.717) is 22.9 Å². The van der Waals surface area contributed by atoms with Gasteiger partial charge >= 0.3 is 0 Å². The highest BCUT2D eigenvalue weighted by atomic mass is 16.5. The lowest BCUT2D eigenvalue weighted by atomic mass is 10.0. The molecule has 0 spiro atoms. The zero-order valence-corrected chi connectivity index (χ0v) is 18.3. The van der Waals surface area contributed by atoms with Gasteiger partial charge in [0.15, 0.2) is 17.2 Å². The summed E-state index contributed by atoms with van der Waals surface area (Å²) in [6.07, 6.45) is 3.79. The molecular weight excluding hydrogens is 386 g/mol. The SMILES string of the molecule is COc1cc(CN2CCCC(n3cc(C(=O)NC(C)C)nn3)C2)cc(OC)c1OC. The van der Waals surface area contributed by atoms with E-state index in [-0.39, 0.29) is 18.0 Å². The van der Waals surface area contributed by atoms with Crippen LogP contribution in [-0.2, 0) is 6.54 Å². The third kappa shape index (κ3) is 5.02. The molecule has 9 heteroatoms. The predicted octanol–water partition coefficient (Wildman–Crippen LogP) is 2.28. The molecule has 164 valence electrons. The van der Waals surface area contributed by atoms with Crippen LogP contribution in [0.4, 0.5) is 0 Å². The molecule has 1 aromatic heterocycles. The first-order valence-corrected chi connectivity index (χ1v) is 10.2. The van der Waals surface area contributed by atoms with Crippen molar-refractivity contribution in [3.63, 3.8) is 0 Å². The van der Waals surface area contributed by atoms with E-state index in [0.717, 1.165) is 38.0 Å². The lowest BCUT2D eigenvalue weighted by molar-refractivity contribution is 0.0938. The Labute approximate surface area is 177 Å². The number of carbonyl (C=O) groups excluding carboxylic acids is 1. The van der Waals surface area contributed by atoms with Crippen molar-refractivity contribution < 1.29 is 19.0 Å². The largest absolute Gasteiger partial charge is 0.493 e. The van der Waals surface area contributed by atoms with Crippen LogP contribution < -0.4 is 19.5 Å². The third-order valence-electron chi connectivity index (χ3n) is 5.15. The fraction of sp³-hybridized carbons (Fsp3) is 0.571. The summed E-state index contributed by atoms with van der Waals surface area (Å²) in [5.74, 6) is 1.70. The number of nitrogens with one attached hydrogen (secondary N) is 1. The minimum absolute atomic E-state index is 0.0614. The maximum atomic E-state index is 12.2. The fourth-order valence-electron chi connectivity index (χ4n) is 3.77. The van der Waals surface area contributed by atoms with Gasteiger partial charge in [0, 0.05) is 19.1 Å². The number of likely N-dealkylation sites (tertiary alicyclic amines) is 1. The van der Waals surface area contributed by atoms with E-state index in [4.69, 9.17) is 14.2 Å². The lowest BCUT2D eigenvalue weighted by Crippen LogP contribution is -2.36. The minimum Gasteiger partial charge on any atom is -0.493 e. The fourth-order valence-corrected chi connectivity index (χ4v) is 3.77. The smallest absolute Gasteiger partial charge is 0.273 e. The Morgan fingerprint density at radius 1 is 1.20 bits per heavy atom. The summed E-state index contributed by atoms with van der Waals surface area (Å²) in [7, 11) is 4.84. The first kappa shape index (κ1) is 21.9. The molecule has 0 radical (unpaired) electrons. The summed E-state index contributed by atoms with van der Waals surface area (Å²) in [6.45, 7) is 6.41. The van der Waals surface area contributed by atoms with E-state index in [9.17, 15) is 4.79 Å². The van der Waals surface area contributed by atoms with Crippen LogP contribution in [0.5, 0.6) is 17.2 Å². The van der Waals surface area contributed by atoms with Gasteiger partial charge in [-0.1, -0.05) is 5.21 Å². The number of hydrogen-bond donors (Lipinski definition) is 1. The molecule has 2 aromatic rings. The van der Waals surface area contributed by atoms with Crippen molar-refractivity contribution in [2.75, 3.05) is 34.4 Å². The standard InChI is InChI=1S/C21H31N5O4/c1-14(2)22-21(27)17-13-26(24-23-17)16-7-6-8-25(12-16)11-15-9-18(28-3)20(30-5)19(10-15)29-4/h9-10,13-14,16H,6-8,11-12H2,1-5H3,(H,22,27). The van der Waals surface area contributed by atoms with Crippen LogP contribution >= 0.6 is 0 Å². The average Bonchev–Trinajstić information content (AvgIpc) is 3.23. The zero-order valence-electron chi connectivity index (χ0n) is 18.3. The van der Waals surface area contributed by atoms with Gasteiger partial charge in [-0.15, -0.1) is 5.10 Å². The van der Waals surface area contributed by atoms with Crippen molar-refractivity contribution in [2.24, 2.45) is 0 Å². The van der Waals surface area contributed by atoms with E-state index >= 15 is 0 Å². The molecule has 9 nitrogen and oxygen atoms in total. The van der Waals surface area contributed by atoms with E-state index in [1.165, 1.54) is 0 Å². The van der Waals surface area contributed by atoms with Gasteiger partial charge in [-0.3, -0.25) is 9.69 Å². The molecule has 3 rings (SSSR count). The molecule has 1 saturated heterocycles. The Bertz CT molecular complexity index is 842. The van der Waals surface area contributed by atoms with Crippen molar-refractivity contribution in [3.8, 4) is 17.2 Å². The molecule has 1 aliphatic heterocycles. The Balaban J connectivity index is 1.70. The average molecular weight is 418 g/mol. The number of amides is 1. The number of ether oxygens (including phenoxy) is 3. The third-order valence-corrected chi connectivity index (χ3v) is 5.15. The number of piperidine rings is 1. The normalized spacial score (nSPS) is 17.1. The molecule has 0 aliphatic carbocycles. The number of benzene rings is 1. The Morgan fingerprint density at radius 2 is 1.90 bits per heavy atom. The Morgan fingerprint density at radius 3 is 2.50 bits per heavy atom. The Kier molecular flexibility index (Phi) is 7.15. The summed E-state index contributed by atoms with van der Waals surface area (Å²) < 4.78 is 18.2. The second-order valence-corrected chi connectivity index (χ2v) is 7.78. The van der Waals surface area contributed by atoms with Crippen molar-refractivity contribution in [1.82, 2.24) is 25.2 Å². The predicted molar refractivity (Wildman–Crippen MR) is 112 cm³/mol. The summed E-state index contributed by atoms with van der Waals surface area (Å²) in [5, 5.41) is 11.1. The van der Waals surface area contributed by atoms with Gasteiger partial charge in [0.05, 0.1) is 33.6 Å². The van der Waals surface area contributed by atoms with Gasteiger partial charge in [0.25, 0.3) is 5.91 Å². The molecule has 30 heavy (non-hydrogen) atoms. The summed E-state index contributed by atoms with van der Waals surface area (Å²) in [6, 6.07) is 4.20. The van der Waals surface area contributed by atoms with Crippen LogP contribution in [0.3, 0.4) is 0 Å². The van der Waals surface area contributed by atoms with Crippen LogP contribution in [0.2, 0.25) is 0 Å². The second kappa shape index (κ2) is 9.80. The molecule has 1 amide bonds. The zero-order chi connectivity index (χ0) is 21.7. The topological polar surface area (TPSA) is 90.7 Å². The lowest BCUT2D eigenvalue weighted by Gasteiger charge is -2.32. The number of methoxy groups -OCH3 is 3. The first-order valence-electron chi connectivity index (χ1n) is 10.2.